The first kappa shape index (κ1) is 15.8. The van der Waals surface area contributed by atoms with Gasteiger partial charge in [-0.3, -0.25) is 4.79 Å². The molecule has 0 atom stereocenters. The van der Waals surface area contributed by atoms with Crippen LogP contribution in [-0.4, -0.2) is 26.1 Å². The van der Waals surface area contributed by atoms with Crippen LogP contribution < -0.4 is 5.32 Å². The summed E-state index contributed by atoms with van der Waals surface area (Å²) in [5, 5.41) is 22.8. The maximum Gasteiger partial charge on any atom is 0.278 e. The van der Waals surface area contributed by atoms with Gasteiger partial charge in [-0.15, -0.1) is 0 Å². The maximum absolute atomic E-state index is 12.4. The van der Waals surface area contributed by atoms with Gasteiger partial charge in [0.15, 0.2) is 11.5 Å². The Labute approximate surface area is 142 Å². The van der Waals surface area contributed by atoms with E-state index in [0.29, 0.717) is 16.3 Å². The molecule has 0 fully saturated rings. The number of nitrogens with zero attached hydrogens (tertiary/aromatic N) is 2. The molecule has 6 nitrogen and oxygen atoms in total. The number of nitrogens with one attached hydrogen (secondary N) is 1. The highest BCUT2D eigenvalue weighted by Gasteiger charge is 2.20. The van der Waals surface area contributed by atoms with Crippen molar-refractivity contribution in [2.45, 2.75) is 0 Å². The van der Waals surface area contributed by atoms with Gasteiger partial charge in [0, 0.05) is 16.3 Å². The Kier molecular flexibility index (Phi) is 4.31. The van der Waals surface area contributed by atoms with E-state index < -0.39 is 17.5 Å². The minimum absolute atomic E-state index is 0.132. The van der Waals surface area contributed by atoms with E-state index in [0.717, 1.165) is 0 Å². The lowest BCUT2D eigenvalue weighted by Crippen LogP contribution is -2.15. The zero-order valence-corrected chi connectivity index (χ0v) is 13.0. The summed E-state index contributed by atoms with van der Waals surface area (Å²) in [6.45, 7) is 0. The molecule has 3 rings (SSSR count). The molecule has 0 saturated carbocycles. The highest BCUT2D eigenvalue weighted by molar-refractivity contribution is 6.30. The van der Waals surface area contributed by atoms with Crippen molar-refractivity contribution in [2.75, 3.05) is 5.32 Å². The molecule has 0 radical (unpaired) electrons. The predicted octanol–water partition coefficient (Wildman–Crippen LogP) is 3.46. The van der Waals surface area contributed by atoms with Gasteiger partial charge in [0.05, 0.1) is 0 Å². The molecule has 0 aliphatic carbocycles. The number of aromatic hydroxyl groups is 2. The van der Waals surface area contributed by atoms with E-state index in [4.69, 9.17) is 11.6 Å². The smallest absolute Gasteiger partial charge is 0.278 e. The van der Waals surface area contributed by atoms with Crippen LogP contribution in [0.2, 0.25) is 5.02 Å². The molecule has 0 saturated heterocycles. The number of rotatable bonds is 3. The normalized spacial score (nSPS) is 10.4. The molecular formula is C17H12ClN3O3. The van der Waals surface area contributed by atoms with E-state index in [1.165, 1.54) is 0 Å². The Bertz CT molecular complexity index is 884. The lowest BCUT2D eigenvalue weighted by Gasteiger charge is -2.09. The molecule has 120 valence electrons. The van der Waals surface area contributed by atoms with Crippen LogP contribution in [0.1, 0.15) is 10.5 Å². The molecule has 0 bridgehead atoms. The molecule has 3 aromatic rings. The van der Waals surface area contributed by atoms with Gasteiger partial charge in [0.2, 0.25) is 5.75 Å². The van der Waals surface area contributed by atoms with E-state index in [1.54, 1.807) is 48.5 Å². The third kappa shape index (κ3) is 3.28. The van der Waals surface area contributed by atoms with E-state index >= 15 is 0 Å². The summed E-state index contributed by atoms with van der Waals surface area (Å²) in [5.41, 5.74) is 0.757. The first-order valence-corrected chi connectivity index (χ1v) is 7.34. The second-order valence-electron chi connectivity index (χ2n) is 4.90. The first-order valence-electron chi connectivity index (χ1n) is 6.97. The van der Waals surface area contributed by atoms with Crippen molar-refractivity contribution in [1.29, 1.82) is 0 Å². The predicted molar refractivity (Wildman–Crippen MR) is 90.2 cm³/mol. The minimum Gasteiger partial charge on any atom is -0.501 e. The molecular weight excluding hydrogens is 330 g/mol. The van der Waals surface area contributed by atoms with Gasteiger partial charge < -0.3 is 15.5 Å². The number of hydrogen-bond donors (Lipinski definition) is 3. The van der Waals surface area contributed by atoms with Crippen LogP contribution in [-0.2, 0) is 0 Å². The van der Waals surface area contributed by atoms with Crippen molar-refractivity contribution in [1.82, 2.24) is 9.97 Å². The number of benzene rings is 2. The Hall–Kier alpha value is -3.12. The monoisotopic (exact) mass is 341 g/mol. The van der Waals surface area contributed by atoms with Gasteiger partial charge in [0.1, 0.15) is 0 Å². The summed E-state index contributed by atoms with van der Waals surface area (Å²) in [5.74, 6) is -1.89. The molecule has 1 heterocycles. The number of halogens is 1. The van der Waals surface area contributed by atoms with Crippen LogP contribution in [0.4, 0.5) is 5.69 Å². The number of amides is 1. The van der Waals surface area contributed by atoms with Crippen molar-refractivity contribution in [3.05, 3.63) is 65.3 Å². The van der Waals surface area contributed by atoms with Crippen LogP contribution in [0.3, 0.4) is 0 Å². The molecule has 0 aliphatic heterocycles. The number of hydrogen-bond acceptors (Lipinski definition) is 5. The molecule has 0 aliphatic rings. The Morgan fingerprint density at radius 1 is 0.958 bits per heavy atom. The zero-order valence-electron chi connectivity index (χ0n) is 12.3. The van der Waals surface area contributed by atoms with Crippen LogP contribution in [0.15, 0.2) is 54.6 Å². The van der Waals surface area contributed by atoms with Gasteiger partial charge in [-0.1, -0.05) is 41.9 Å². The Balaban J connectivity index is 1.96. The molecule has 7 heteroatoms. The topological polar surface area (TPSA) is 95.3 Å². The fraction of sp³-hybridized carbons (Fsp3) is 0. The minimum atomic E-state index is -0.679. The number of carbonyl (C=O) groups excluding carboxylic acids is 1. The number of carbonyl (C=O) groups is 1. The number of aromatic nitrogens is 2. The molecule has 2 aromatic carbocycles. The van der Waals surface area contributed by atoms with Crippen LogP contribution in [0.25, 0.3) is 11.4 Å². The average molecular weight is 342 g/mol. The summed E-state index contributed by atoms with van der Waals surface area (Å²) in [6, 6.07) is 15.3. The van der Waals surface area contributed by atoms with Crippen molar-refractivity contribution < 1.29 is 15.0 Å². The van der Waals surface area contributed by atoms with Gasteiger partial charge in [-0.05, 0) is 24.3 Å². The molecule has 1 aromatic heterocycles. The lowest BCUT2D eigenvalue weighted by molar-refractivity contribution is 0.101. The van der Waals surface area contributed by atoms with Gasteiger partial charge in [-0.25, -0.2) is 4.98 Å². The van der Waals surface area contributed by atoms with E-state index in [1.807, 2.05) is 6.07 Å². The van der Waals surface area contributed by atoms with E-state index in [2.05, 4.69) is 15.3 Å². The largest absolute Gasteiger partial charge is 0.501 e. The van der Waals surface area contributed by atoms with Gasteiger partial charge in [-0.2, -0.15) is 4.98 Å². The Morgan fingerprint density at radius 3 is 2.29 bits per heavy atom. The summed E-state index contributed by atoms with van der Waals surface area (Å²) < 4.78 is 0. The summed E-state index contributed by atoms with van der Waals surface area (Å²) in [7, 11) is 0. The fourth-order valence-electron chi connectivity index (χ4n) is 2.04. The molecule has 1 amide bonds. The third-order valence-electron chi connectivity index (χ3n) is 3.21. The fourth-order valence-corrected chi connectivity index (χ4v) is 2.17. The van der Waals surface area contributed by atoms with Gasteiger partial charge in [0.25, 0.3) is 11.8 Å². The van der Waals surface area contributed by atoms with Crippen molar-refractivity contribution >= 4 is 23.2 Å². The van der Waals surface area contributed by atoms with E-state index in [-0.39, 0.29) is 11.5 Å². The SMILES string of the molecule is O=C(Nc1ccc(Cl)cc1)c1nc(-c2ccccc2)nc(O)c1O. The van der Waals surface area contributed by atoms with Gasteiger partial charge >= 0.3 is 0 Å². The number of anilines is 1. The van der Waals surface area contributed by atoms with Crippen molar-refractivity contribution in [3.8, 4) is 23.0 Å². The first-order chi connectivity index (χ1) is 11.5. The second-order valence-corrected chi connectivity index (χ2v) is 5.33. The molecule has 3 N–H and O–H groups in total. The van der Waals surface area contributed by atoms with E-state index in [9.17, 15) is 15.0 Å². The summed E-state index contributed by atoms with van der Waals surface area (Å²) in [6.07, 6.45) is 0. The van der Waals surface area contributed by atoms with Crippen molar-refractivity contribution in [3.63, 3.8) is 0 Å². The second kappa shape index (κ2) is 6.55. The van der Waals surface area contributed by atoms with Crippen molar-refractivity contribution in [2.24, 2.45) is 0 Å². The third-order valence-corrected chi connectivity index (χ3v) is 3.47. The molecule has 24 heavy (non-hydrogen) atoms. The standard InChI is InChI=1S/C17H12ClN3O3/c18-11-6-8-12(9-7-11)19-16(23)13-14(22)17(24)21-15(20-13)10-4-2-1-3-5-10/h1-9,22H,(H,19,23)(H,20,21,24). The zero-order chi connectivity index (χ0) is 17.1. The Morgan fingerprint density at radius 2 is 1.62 bits per heavy atom. The summed E-state index contributed by atoms with van der Waals surface area (Å²) >= 11 is 5.79. The van der Waals surface area contributed by atoms with Crippen LogP contribution in [0, 0.1) is 0 Å². The lowest BCUT2D eigenvalue weighted by atomic mass is 10.2. The molecule has 0 spiro atoms. The quantitative estimate of drug-likeness (QED) is 0.678. The van der Waals surface area contributed by atoms with Crippen LogP contribution >= 0.6 is 11.6 Å². The maximum atomic E-state index is 12.4. The average Bonchev–Trinajstić information content (AvgIpc) is 2.60. The highest BCUT2D eigenvalue weighted by atomic mass is 35.5. The summed E-state index contributed by atoms with van der Waals surface area (Å²) in [4.78, 5) is 20.2. The van der Waals surface area contributed by atoms with Crippen LogP contribution in [0.5, 0.6) is 11.6 Å². The molecule has 0 unspecified atom stereocenters. The highest BCUT2D eigenvalue weighted by Crippen LogP contribution is 2.29.